The van der Waals surface area contributed by atoms with Crippen LogP contribution >= 0.6 is 11.3 Å². The zero-order chi connectivity index (χ0) is 17.1. The third-order valence-electron chi connectivity index (χ3n) is 3.51. The number of ether oxygens (including phenoxy) is 1. The van der Waals surface area contributed by atoms with Gasteiger partial charge in [-0.3, -0.25) is 19.1 Å². The number of aliphatic hydroxyl groups is 1. The molecule has 0 amide bonds. The molecule has 0 aliphatic carbocycles. The third kappa shape index (κ3) is 3.69. The van der Waals surface area contributed by atoms with Gasteiger partial charge in [-0.15, -0.1) is 6.58 Å². The van der Waals surface area contributed by atoms with Crippen molar-refractivity contribution < 1.29 is 9.84 Å². The number of hydrogen-bond acceptors (Lipinski definition) is 7. The van der Waals surface area contributed by atoms with Crippen molar-refractivity contribution in [3.63, 3.8) is 0 Å². The van der Waals surface area contributed by atoms with E-state index in [1.54, 1.807) is 0 Å². The number of nitrogen functional groups attached to an aromatic ring is 1. The van der Waals surface area contributed by atoms with Gasteiger partial charge in [0.2, 0.25) is 5.95 Å². The first-order valence-electron chi connectivity index (χ1n) is 7.06. The lowest BCUT2D eigenvalue weighted by Crippen LogP contribution is -2.27. The summed E-state index contributed by atoms with van der Waals surface area (Å²) in [6.07, 6.45) is 0.459. The van der Waals surface area contributed by atoms with Crippen molar-refractivity contribution in [3.8, 4) is 0 Å². The molecule has 2 aromatic rings. The SMILES string of the molecule is C=C(C)C[C@H](CC(CO)OC)n1c(=O)sc2c(=O)[nH]c(N)nc21. The number of methoxy groups -OCH3 is 1. The van der Waals surface area contributed by atoms with E-state index >= 15 is 0 Å². The molecule has 8 nitrogen and oxygen atoms in total. The molecule has 9 heteroatoms. The molecule has 0 aromatic carbocycles. The van der Waals surface area contributed by atoms with Gasteiger partial charge in [-0.2, -0.15) is 4.98 Å². The smallest absolute Gasteiger partial charge is 0.309 e. The van der Waals surface area contributed by atoms with E-state index in [0.29, 0.717) is 12.8 Å². The summed E-state index contributed by atoms with van der Waals surface area (Å²) < 4.78 is 6.88. The molecule has 2 aromatic heterocycles. The number of hydrogen-bond donors (Lipinski definition) is 3. The molecule has 4 N–H and O–H groups in total. The first-order valence-corrected chi connectivity index (χ1v) is 7.87. The van der Waals surface area contributed by atoms with Crippen LogP contribution in [-0.4, -0.2) is 39.5 Å². The minimum atomic E-state index is -0.437. The number of nitrogens with two attached hydrogens (primary N) is 1. The fraction of sp³-hybridized carbons (Fsp3) is 0.500. The molecule has 0 saturated carbocycles. The Morgan fingerprint density at radius 2 is 2.26 bits per heavy atom. The van der Waals surface area contributed by atoms with Crippen molar-refractivity contribution in [2.75, 3.05) is 19.5 Å². The molecular weight excluding hydrogens is 320 g/mol. The van der Waals surface area contributed by atoms with Crippen LogP contribution in [0.3, 0.4) is 0 Å². The van der Waals surface area contributed by atoms with E-state index in [1.807, 2.05) is 6.92 Å². The molecular formula is C14H20N4O4S. The number of thiazole rings is 1. The Morgan fingerprint density at radius 3 is 2.83 bits per heavy atom. The number of rotatable bonds is 7. The quantitative estimate of drug-likeness (QED) is 0.635. The zero-order valence-corrected chi connectivity index (χ0v) is 13.9. The number of aromatic amines is 1. The highest BCUT2D eigenvalue weighted by Gasteiger charge is 2.23. The van der Waals surface area contributed by atoms with Gasteiger partial charge >= 0.3 is 4.87 Å². The average molecular weight is 340 g/mol. The second-order valence-electron chi connectivity index (χ2n) is 5.43. The summed E-state index contributed by atoms with van der Waals surface area (Å²) in [5, 5.41) is 9.35. The summed E-state index contributed by atoms with van der Waals surface area (Å²) in [5.74, 6) is -0.0476. The molecule has 0 radical (unpaired) electrons. The van der Waals surface area contributed by atoms with Crippen molar-refractivity contribution in [3.05, 3.63) is 32.2 Å². The van der Waals surface area contributed by atoms with Crippen molar-refractivity contribution in [1.82, 2.24) is 14.5 Å². The largest absolute Gasteiger partial charge is 0.394 e. The second-order valence-corrected chi connectivity index (χ2v) is 6.39. The van der Waals surface area contributed by atoms with Crippen LogP contribution in [0.2, 0.25) is 0 Å². The topological polar surface area (TPSA) is 123 Å². The van der Waals surface area contributed by atoms with Crippen LogP contribution in [0.5, 0.6) is 0 Å². The van der Waals surface area contributed by atoms with Crippen LogP contribution in [0.4, 0.5) is 5.95 Å². The maximum atomic E-state index is 12.4. The number of fused-ring (bicyclic) bond motifs is 1. The highest BCUT2D eigenvalue weighted by Crippen LogP contribution is 2.26. The van der Waals surface area contributed by atoms with Gasteiger partial charge in [0.1, 0.15) is 4.70 Å². The molecule has 2 rings (SSSR count). The van der Waals surface area contributed by atoms with Gasteiger partial charge in [-0.1, -0.05) is 16.9 Å². The number of nitrogens with one attached hydrogen (secondary N) is 1. The lowest BCUT2D eigenvalue weighted by Gasteiger charge is -2.22. The number of nitrogens with zero attached hydrogens (tertiary/aromatic N) is 2. The highest BCUT2D eigenvalue weighted by molar-refractivity contribution is 7.16. The Labute approximate surface area is 136 Å². The van der Waals surface area contributed by atoms with Gasteiger partial charge in [0.25, 0.3) is 5.56 Å². The zero-order valence-electron chi connectivity index (χ0n) is 13.0. The van der Waals surface area contributed by atoms with Crippen LogP contribution in [0.1, 0.15) is 25.8 Å². The molecule has 0 bridgehead atoms. The number of aliphatic hydroxyl groups excluding tert-OH is 1. The van der Waals surface area contributed by atoms with Crippen LogP contribution < -0.4 is 16.2 Å². The van der Waals surface area contributed by atoms with Gasteiger partial charge in [-0.05, 0) is 19.8 Å². The predicted octanol–water partition coefficient (Wildman–Crippen LogP) is 0.633. The summed E-state index contributed by atoms with van der Waals surface area (Å²) >= 11 is 0.824. The number of H-pyrrole nitrogens is 1. The van der Waals surface area contributed by atoms with E-state index in [-0.39, 0.29) is 33.8 Å². The summed E-state index contributed by atoms with van der Waals surface area (Å²) in [6.45, 7) is 5.56. The lowest BCUT2D eigenvalue weighted by atomic mass is 10.0. The van der Waals surface area contributed by atoms with Gasteiger partial charge in [0.05, 0.1) is 12.7 Å². The first kappa shape index (κ1) is 17.4. The number of allylic oxidation sites excluding steroid dienone is 1. The van der Waals surface area contributed by atoms with Crippen LogP contribution in [0.25, 0.3) is 10.3 Å². The maximum Gasteiger partial charge on any atom is 0.309 e. The minimum absolute atomic E-state index is 0.0476. The fourth-order valence-electron chi connectivity index (χ4n) is 2.50. The molecule has 1 unspecified atom stereocenters. The highest BCUT2D eigenvalue weighted by atomic mass is 32.1. The van der Waals surface area contributed by atoms with Crippen LogP contribution in [0.15, 0.2) is 21.7 Å². The standard InChI is InChI=1S/C14H20N4O4S/c1-7(2)4-8(5-9(6-19)22-3)18-11-10(23-14(18)21)12(20)17-13(15)16-11/h8-9,19H,1,4-6H2,2-3H3,(H3,15,16,17,20)/t8-,9?/m1/s1. The van der Waals surface area contributed by atoms with Gasteiger partial charge in [-0.25, -0.2) is 0 Å². The maximum absolute atomic E-state index is 12.4. The molecule has 23 heavy (non-hydrogen) atoms. The van der Waals surface area contributed by atoms with Crippen LogP contribution in [0, 0.1) is 0 Å². The average Bonchev–Trinajstić information content (AvgIpc) is 2.79. The molecule has 2 atom stereocenters. The van der Waals surface area contributed by atoms with E-state index < -0.39 is 11.7 Å². The van der Waals surface area contributed by atoms with Crippen molar-refractivity contribution >= 4 is 27.6 Å². The van der Waals surface area contributed by atoms with E-state index in [4.69, 9.17) is 10.5 Å². The van der Waals surface area contributed by atoms with Crippen molar-refractivity contribution in [1.29, 1.82) is 0 Å². The van der Waals surface area contributed by atoms with Gasteiger partial charge < -0.3 is 15.6 Å². The van der Waals surface area contributed by atoms with E-state index in [0.717, 1.165) is 16.9 Å². The second kappa shape index (κ2) is 7.07. The summed E-state index contributed by atoms with van der Waals surface area (Å²) in [5.41, 5.74) is 6.28. The summed E-state index contributed by atoms with van der Waals surface area (Å²) in [4.78, 5) is 30.5. The summed E-state index contributed by atoms with van der Waals surface area (Å²) in [6, 6.07) is -0.334. The third-order valence-corrected chi connectivity index (χ3v) is 4.46. The monoisotopic (exact) mass is 340 g/mol. The molecule has 126 valence electrons. The Bertz CT molecular complexity index is 818. The number of anilines is 1. The normalized spacial score (nSPS) is 14.0. The molecule has 0 saturated heterocycles. The fourth-order valence-corrected chi connectivity index (χ4v) is 3.39. The summed E-state index contributed by atoms with van der Waals surface area (Å²) in [7, 11) is 1.49. The Hall–Kier alpha value is -1.97. The molecule has 2 heterocycles. The van der Waals surface area contributed by atoms with Crippen LogP contribution in [-0.2, 0) is 4.74 Å². The van der Waals surface area contributed by atoms with E-state index in [2.05, 4.69) is 16.5 Å². The van der Waals surface area contributed by atoms with Crippen molar-refractivity contribution in [2.45, 2.75) is 31.9 Å². The molecule has 0 spiro atoms. The van der Waals surface area contributed by atoms with Gasteiger partial charge in [0.15, 0.2) is 5.65 Å². The van der Waals surface area contributed by atoms with Gasteiger partial charge in [0, 0.05) is 13.2 Å². The molecule has 0 fully saturated rings. The molecule has 0 aliphatic rings. The Balaban J connectivity index is 2.60. The Kier molecular flexibility index (Phi) is 5.34. The predicted molar refractivity (Wildman–Crippen MR) is 89.9 cm³/mol. The first-order chi connectivity index (χ1) is 10.9. The van der Waals surface area contributed by atoms with Crippen molar-refractivity contribution in [2.24, 2.45) is 0 Å². The van der Waals surface area contributed by atoms with E-state index in [9.17, 15) is 14.7 Å². The minimum Gasteiger partial charge on any atom is -0.394 e. The van der Waals surface area contributed by atoms with E-state index in [1.165, 1.54) is 11.7 Å². The number of aromatic nitrogens is 3. The molecule has 0 aliphatic heterocycles. The lowest BCUT2D eigenvalue weighted by molar-refractivity contribution is 0.0331. The Morgan fingerprint density at radius 1 is 1.57 bits per heavy atom.